The maximum absolute atomic E-state index is 11.7. The molecule has 6 nitrogen and oxygen atoms in total. The first-order chi connectivity index (χ1) is 10.3. The standard InChI is InChI=1S/C15H22N4O2S/c1-5-16-22(20,21)18-13(4)14-6-8-15(9-7-14)19-12(3)10-11(2)17-19/h6-10,13,16,18H,5H2,1-4H3/t13-/m0/s1. The number of benzene rings is 1. The summed E-state index contributed by atoms with van der Waals surface area (Å²) in [6.45, 7) is 7.87. The van der Waals surface area contributed by atoms with E-state index in [1.165, 1.54) is 0 Å². The molecule has 2 aromatic rings. The second-order valence-electron chi connectivity index (χ2n) is 5.27. The van der Waals surface area contributed by atoms with Crippen LogP contribution in [0.3, 0.4) is 0 Å². The van der Waals surface area contributed by atoms with Gasteiger partial charge in [0.05, 0.1) is 11.4 Å². The number of aryl methyl sites for hydroxylation is 2. The second-order valence-corrected chi connectivity index (χ2v) is 6.80. The lowest BCUT2D eigenvalue weighted by atomic mass is 10.1. The summed E-state index contributed by atoms with van der Waals surface area (Å²) in [7, 11) is -3.46. The number of hydrogen-bond acceptors (Lipinski definition) is 3. The van der Waals surface area contributed by atoms with Gasteiger partial charge in [-0.15, -0.1) is 0 Å². The molecule has 7 heteroatoms. The molecule has 0 aliphatic carbocycles. The minimum Gasteiger partial charge on any atom is -0.238 e. The Morgan fingerprint density at radius 3 is 2.36 bits per heavy atom. The highest BCUT2D eigenvalue weighted by molar-refractivity contribution is 7.87. The van der Waals surface area contributed by atoms with Gasteiger partial charge in [-0.1, -0.05) is 19.1 Å². The SMILES string of the molecule is CCNS(=O)(=O)N[C@@H](C)c1ccc(-n2nc(C)cc2C)cc1. The predicted octanol–water partition coefficient (Wildman–Crippen LogP) is 1.99. The zero-order valence-electron chi connectivity index (χ0n) is 13.3. The summed E-state index contributed by atoms with van der Waals surface area (Å²) in [6.07, 6.45) is 0. The van der Waals surface area contributed by atoms with Crippen LogP contribution in [-0.4, -0.2) is 24.7 Å². The summed E-state index contributed by atoms with van der Waals surface area (Å²) in [5.41, 5.74) is 3.88. The number of rotatable bonds is 6. The summed E-state index contributed by atoms with van der Waals surface area (Å²) in [6, 6.07) is 9.40. The Labute approximate surface area is 131 Å². The van der Waals surface area contributed by atoms with Gasteiger partial charge in [-0.2, -0.15) is 18.2 Å². The van der Waals surface area contributed by atoms with Crippen molar-refractivity contribution in [3.05, 3.63) is 47.3 Å². The lowest BCUT2D eigenvalue weighted by molar-refractivity contribution is 0.554. The Hall–Kier alpha value is -1.70. The molecule has 0 spiro atoms. The zero-order chi connectivity index (χ0) is 16.3. The van der Waals surface area contributed by atoms with Crippen LogP contribution in [-0.2, 0) is 10.2 Å². The quantitative estimate of drug-likeness (QED) is 0.854. The molecule has 2 N–H and O–H groups in total. The Balaban J connectivity index is 2.17. The molecule has 0 fully saturated rings. The molecule has 0 saturated carbocycles. The molecule has 0 unspecified atom stereocenters. The Morgan fingerprint density at radius 1 is 1.23 bits per heavy atom. The Morgan fingerprint density at radius 2 is 1.86 bits per heavy atom. The fourth-order valence-corrected chi connectivity index (χ4v) is 3.39. The van der Waals surface area contributed by atoms with Crippen molar-refractivity contribution in [2.45, 2.75) is 33.7 Å². The number of nitrogens with zero attached hydrogens (tertiary/aromatic N) is 2. The van der Waals surface area contributed by atoms with Crippen molar-refractivity contribution in [2.24, 2.45) is 0 Å². The highest BCUT2D eigenvalue weighted by Gasteiger charge is 2.14. The topological polar surface area (TPSA) is 76.0 Å². The lowest BCUT2D eigenvalue weighted by Crippen LogP contribution is -2.37. The molecule has 0 aliphatic rings. The summed E-state index contributed by atoms with van der Waals surface area (Å²) in [4.78, 5) is 0. The van der Waals surface area contributed by atoms with E-state index >= 15 is 0 Å². The molecule has 0 bridgehead atoms. The van der Waals surface area contributed by atoms with Crippen molar-refractivity contribution in [1.82, 2.24) is 19.2 Å². The fourth-order valence-electron chi connectivity index (χ4n) is 2.33. The normalized spacial score (nSPS) is 13.3. The molecular formula is C15H22N4O2S. The fraction of sp³-hybridized carbons (Fsp3) is 0.400. The highest BCUT2D eigenvalue weighted by atomic mass is 32.2. The van der Waals surface area contributed by atoms with E-state index in [-0.39, 0.29) is 6.04 Å². The molecule has 0 aliphatic heterocycles. The Bertz CT molecular complexity index is 735. The van der Waals surface area contributed by atoms with Gasteiger partial charge < -0.3 is 0 Å². The monoisotopic (exact) mass is 322 g/mol. The van der Waals surface area contributed by atoms with Crippen LogP contribution >= 0.6 is 0 Å². The number of hydrogen-bond donors (Lipinski definition) is 2. The first-order valence-electron chi connectivity index (χ1n) is 7.23. The summed E-state index contributed by atoms with van der Waals surface area (Å²) < 4.78 is 30.3. The summed E-state index contributed by atoms with van der Waals surface area (Å²) in [5, 5.41) is 4.43. The maximum Gasteiger partial charge on any atom is 0.277 e. The van der Waals surface area contributed by atoms with Crippen LogP contribution in [0.4, 0.5) is 0 Å². The van der Waals surface area contributed by atoms with E-state index in [1.807, 2.05) is 55.8 Å². The number of aromatic nitrogens is 2. The highest BCUT2D eigenvalue weighted by Crippen LogP contribution is 2.17. The maximum atomic E-state index is 11.7. The molecule has 1 atom stereocenters. The van der Waals surface area contributed by atoms with Gasteiger partial charge in [0.25, 0.3) is 10.2 Å². The van der Waals surface area contributed by atoms with Crippen LogP contribution in [0.15, 0.2) is 30.3 Å². The molecule has 1 aromatic heterocycles. The van der Waals surface area contributed by atoms with Crippen molar-refractivity contribution in [2.75, 3.05) is 6.54 Å². The van der Waals surface area contributed by atoms with E-state index in [0.29, 0.717) is 6.54 Å². The minimum atomic E-state index is -3.46. The first-order valence-corrected chi connectivity index (χ1v) is 8.71. The van der Waals surface area contributed by atoms with E-state index in [0.717, 1.165) is 22.6 Å². The molecule has 0 radical (unpaired) electrons. The smallest absolute Gasteiger partial charge is 0.238 e. The van der Waals surface area contributed by atoms with Crippen LogP contribution in [0.1, 0.15) is 36.8 Å². The summed E-state index contributed by atoms with van der Waals surface area (Å²) in [5.74, 6) is 0. The van der Waals surface area contributed by atoms with Gasteiger partial charge in [-0.3, -0.25) is 0 Å². The van der Waals surface area contributed by atoms with Crippen molar-refractivity contribution in [1.29, 1.82) is 0 Å². The molecule has 2 rings (SSSR count). The second kappa shape index (κ2) is 6.60. The van der Waals surface area contributed by atoms with E-state index in [1.54, 1.807) is 6.92 Å². The molecule has 22 heavy (non-hydrogen) atoms. The zero-order valence-corrected chi connectivity index (χ0v) is 14.1. The largest absolute Gasteiger partial charge is 0.277 e. The van der Waals surface area contributed by atoms with Crippen molar-refractivity contribution in [3.8, 4) is 5.69 Å². The molecule has 1 heterocycles. The average Bonchev–Trinajstić information content (AvgIpc) is 2.77. The van der Waals surface area contributed by atoms with Crippen molar-refractivity contribution in [3.63, 3.8) is 0 Å². The first kappa shape index (κ1) is 16.7. The van der Waals surface area contributed by atoms with Gasteiger partial charge >= 0.3 is 0 Å². The van der Waals surface area contributed by atoms with Gasteiger partial charge in [-0.05, 0) is 44.5 Å². The average molecular weight is 322 g/mol. The number of nitrogens with one attached hydrogen (secondary N) is 2. The predicted molar refractivity (Wildman–Crippen MR) is 87.2 cm³/mol. The molecule has 0 amide bonds. The van der Waals surface area contributed by atoms with Crippen LogP contribution in [0.25, 0.3) is 5.69 Å². The minimum absolute atomic E-state index is 0.307. The Kier molecular flexibility index (Phi) is 5.00. The van der Waals surface area contributed by atoms with Gasteiger partial charge in [-0.25, -0.2) is 9.40 Å². The van der Waals surface area contributed by atoms with Crippen LogP contribution in [0.5, 0.6) is 0 Å². The molecule has 1 aromatic carbocycles. The van der Waals surface area contributed by atoms with Crippen molar-refractivity contribution >= 4 is 10.2 Å². The van der Waals surface area contributed by atoms with Crippen LogP contribution < -0.4 is 9.44 Å². The van der Waals surface area contributed by atoms with Gasteiger partial charge in [0.1, 0.15) is 0 Å². The van der Waals surface area contributed by atoms with E-state index in [4.69, 9.17) is 0 Å². The van der Waals surface area contributed by atoms with Crippen LogP contribution in [0, 0.1) is 13.8 Å². The van der Waals surface area contributed by atoms with E-state index < -0.39 is 10.2 Å². The molecular weight excluding hydrogens is 300 g/mol. The summed E-state index contributed by atoms with van der Waals surface area (Å²) >= 11 is 0. The molecule has 0 saturated heterocycles. The van der Waals surface area contributed by atoms with Gasteiger partial charge in [0.2, 0.25) is 0 Å². The van der Waals surface area contributed by atoms with E-state index in [9.17, 15) is 8.42 Å². The third-order valence-electron chi connectivity index (χ3n) is 3.31. The lowest BCUT2D eigenvalue weighted by Gasteiger charge is -2.15. The third-order valence-corrected chi connectivity index (χ3v) is 4.65. The molecule has 120 valence electrons. The van der Waals surface area contributed by atoms with E-state index in [2.05, 4.69) is 14.5 Å². The third kappa shape index (κ3) is 3.94. The van der Waals surface area contributed by atoms with Gasteiger partial charge in [0.15, 0.2) is 0 Å². The van der Waals surface area contributed by atoms with Gasteiger partial charge in [0, 0.05) is 18.3 Å². The van der Waals surface area contributed by atoms with Crippen LogP contribution in [0.2, 0.25) is 0 Å². The van der Waals surface area contributed by atoms with Crippen molar-refractivity contribution < 1.29 is 8.42 Å².